The molecule has 2 rings (SSSR count). The molecule has 5 heteroatoms. The summed E-state index contributed by atoms with van der Waals surface area (Å²) in [4.78, 5) is 0. The van der Waals surface area contributed by atoms with Gasteiger partial charge in [-0.1, -0.05) is 17.3 Å². The molecule has 2 aromatic heterocycles. The Labute approximate surface area is 95.4 Å². The Balaban J connectivity index is 0.000000160. The molecule has 0 aromatic carbocycles. The quantitative estimate of drug-likeness (QED) is 0.781. The molecule has 88 valence electrons. The van der Waals surface area contributed by atoms with Gasteiger partial charge in [-0.05, 0) is 27.2 Å². The van der Waals surface area contributed by atoms with Gasteiger partial charge in [-0.3, -0.25) is 4.68 Å². The Morgan fingerprint density at radius 3 is 2.31 bits per heavy atom. The van der Waals surface area contributed by atoms with Crippen LogP contribution in [0.5, 0.6) is 0 Å². The molecule has 2 aromatic rings. The van der Waals surface area contributed by atoms with Crippen molar-refractivity contribution in [2.75, 3.05) is 0 Å². The Hall–Kier alpha value is -1.65. The van der Waals surface area contributed by atoms with Gasteiger partial charge >= 0.3 is 0 Å². The lowest BCUT2D eigenvalue weighted by molar-refractivity contribution is 0.391. The fraction of sp³-hybridized carbons (Fsp3) is 0.545. The second-order valence-corrected chi connectivity index (χ2v) is 3.50. The first-order valence-corrected chi connectivity index (χ1v) is 5.44. The van der Waals surface area contributed by atoms with Crippen LogP contribution in [0.1, 0.15) is 31.0 Å². The minimum atomic E-state index is 0.891. The molecule has 0 radical (unpaired) electrons. The van der Waals surface area contributed by atoms with Gasteiger partial charge in [0.25, 0.3) is 0 Å². The number of hydrogen-bond acceptors (Lipinski definition) is 4. The molecule has 0 saturated carbocycles. The van der Waals surface area contributed by atoms with Crippen molar-refractivity contribution in [3.8, 4) is 0 Å². The molecule has 0 saturated heterocycles. The average molecular weight is 222 g/mol. The van der Waals surface area contributed by atoms with E-state index in [1.165, 1.54) is 0 Å². The maximum atomic E-state index is 4.81. The van der Waals surface area contributed by atoms with Crippen molar-refractivity contribution in [2.45, 2.75) is 40.7 Å². The molecular weight excluding hydrogens is 204 g/mol. The van der Waals surface area contributed by atoms with E-state index in [1.54, 1.807) is 4.68 Å². The van der Waals surface area contributed by atoms with Gasteiger partial charge in [0.05, 0.1) is 11.4 Å². The highest BCUT2D eigenvalue weighted by Gasteiger charge is 1.93. The number of rotatable bonds is 2. The lowest BCUT2D eigenvalue weighted by Crippen LogP contribution is -1.93. The van der Waals surface area contributed by atoms with Crippen molar-refractivity contribution < 1.29 is 4.52 Å². The third-order valence-electron chi connectivity index (χ3n) is 2.02. The molecule has 0 spiro atoms. The van der Waals surface area contributed by atoms with E-state index in [9.17, 15) is 0 Å². The van der Waals surface area contributed by atoms with E-state index in [1.807, 2.05) is 33.0 Å². The molecule has 0 aliphatic rings. The van der Waals surface area contributed by atoms with Crippen LogP contribution in [0.4, 0.5) is 0 Å². The average Bonchev–Trinajstić information content (AvgIpc) is 2.88. The summed E-state index contributed by atoms with van der Waals surface area (Å²) in [5.74, 6) is 0.891. The van der Waals surface area contributed by atoms with E-state index >= 15 is 0 Å². The van der Waals surface area contributed by atoms with Gasteiger partial charge in [0, 0.05) is 18.8 Å². The zero-order chi connectivity index (χ0) is 12.0. The van der Waals surface area contributed by atoms with Crippen molar-refractivity contribution in [3.63, 3.8) is 0 Å². The Morgan fingerprint density at radius 1 is 1.31 bits per heavy atom. The Morgan fingerprint density at radius 2 is 2.06 bits per heavy atom. The zero-order valence-electron chi connectivity index (χ0n) is 10.3. The van der Waals surface area contributed by atoms with Crippen LogP contribution in [0.25, 0.3) is 0 Å². The van der Waals surface area contributed by atoms with Crippen LogP contribution in [0.3, 0.4) is 0 Å². The zero-order valence-corrected chi connectivity index (χ0v) is 10.3. The smallest absolute Gasteiger partial charge is 0.133 e. The van der Waals surface area contributed by atoms with Crippen LogP contribution < -0.4 is 0 Å². The topological polar surface area (TPSA) is 56.7 Å². The second kappa shape index (κ2) is 6.05. The van der Waals surface area contributed by atoms with Gasteiger partial charge in [-0.2, -0.15) is 0 Å². The Bertz CT molecular complexity index is 379. The summed E-state index contributed by atoms with van der Waals surface area (Å²) in [5.41, 5.74) is 2.01. The summed E-state index contributed by atoms with van der Waals surface area (Å²) in [6.45, 7) is 8.82. The van der Waals surface area contributed by atoms with Crippen LogP contribution in [-0.4, -0.2) is 20.2 Å². The summed E-state index contributed by atoms with van der Waals surface area (Å²) >= 11 is 0. The summed E-state index contributed by atoms with van der Waals surface area (Å²) in [6, 6.07) is 1.94. The monoisotopic (exact) mass is 222 g/mol. The highest BCUT2D eigenvalue weighted by atomic mass is 16.5. The third-order valence-corrected chi connectivity index (χ3v) is 2.02. The summed E-state index contributed by atoms with van der Waals surface area (Å²) in [6.07, 6.45) is 2.87. The van der Waals surface area contributed by atoms with Crippen LogP contribution in [0, 0.1) is 13.8 Å². The van der Waals surface area contributed by atoms with Crippen molar-refractivity contribution in [2.24, 2.45) is 0 Å². The molecule has 0 fully saturated rings. The SMILES string of the molecule is CCc1cc(C)on1.CCn1cc(C)nn1. The highest BCUT2D eigenvalue weighted by molar-refractivity contribution is 5.02. The van der Waals surface area contributed by atoms with Crippen molar-refractivity contribution >= 4 is 0 Å². The van der Waals surface area contributed by atoms with Gasteiger partial charge in [-0.15, -0.1) is 5.10 Å². The van der Waals surface area contributed by atoms with Crippen molar-refractivity contribution in [3.05, 3.63) is 29.4 Å². The fourth-order valence-electron chi connectivity index (χ4n) is 1.13. The summed E-state index contributed by atoms with van der Waals surface area (Å²) in [5, 5.41) is 11.4. The molecule has 5 nitrogen and oxygen atoms in total. The fourth-order valence-corrected chi connectivity index (χ4v) is 1.13. The third kappa shape index (κ3) is 3.84. The van der Waals surface area contributed by atoms with Gasteiger partial charge in [-0.25, -0.2) is 0 Å². The largest absolute Gasteiger partial charge is 0.361 e. The number of nitrogens with zero attached hydrogens (tertiary/aromatic N) is 4. The van der Waals surface area contributed by atoms with E-state index in [4.69, 9.17) is 4.52 Å². The number of hydrogen-bond donors (Lipinski definition) is 0. The minimum Gasteiger partial charge on any atom is -0.361 e. The number of aryl methyl sites for hydroxylation is 4. The minimum absolute atomic E-state index is 0.891. The molecular formula is C11H18N4O. The van der Waals surface area contributed by atoms with E-state index in [-0.39, 0.29) is 0 Å². The van der Waals surface area contributed by atoms with E-state index in [2.05, 4.69) is 22.4 Å². The predicted octanol–water partition coefficient (Wildman–Crippen LogP) is 2.15. The molecule has 0 unspecified atom stereocenters. The molecule has 0 N–H and O–H groups in total. The molecule has 2 heterocycles. The molecule has 0 amide bonds. The lowest BCUT2D eigenvalue weighted by atomic mass is 10.3. The van der Waals surface area contributed by atoms with Gasteiger partial charge in [0.1, 0.15) is 5.76 Å². The Kier molecular flexibility index (Phi) is 4.69. The molecule has 0 bridgehead atoms. The normalized spacial score (nSPS) is 9.75. The van der Waals surface area contributed by atoms with Crippen LogP contribution >= 0.6 is 0 Å². The first kappa shape index (κ1) is 12.4. The highest BCUT2D eigenvalue weighted by Crippen LogP contribution is 2.00. The van der Waals surface area contributed by atoms with Gasteiger partial charge in [0.2, 0.25) is 0 Å². The standard InChI is InChI=1S/C6H9NO.C5H9N3/c1-3-6-4-5(2)8-7-6;1-3-8-4-5(2)6-7-8/h2*4H,3H2,1-2H3. The predicted molar refractivity (Wildman–Crippen MR) is 61.1 cm³/mol. The van der Waals surface area contributed by atoms with Crippen LogP contribution in [0.15, 0.2) is 16.8 Å². The van der Waals surface area contributed by atoms with Gasteiger partial charge < -0.3 is 4.52 Å². The maximum absolute atomic E-state index is 4.81. The van der Waals surface area contributed by atoms with Crippen molar-refractivity contribution in [1.82, 2.24) is 20.2 Å². The summed E-state index contributed by atoms with van der Waals surface area (Å²) < 4.78 is 6.61. The molecule has 0 atom stereocenters. The molecule has 0 aliphatic carbocycles. The van der Waals surface area contributed by atoms with E-state index < -0.39 is 0 Å². The lowest BCUT2D eigenvalue weighted by Gasteiger charge is -1.85. The van der Waals surface area contributed by atoms with Gasteiger partial charge in [0.15, 0.2) is 0 Å². The summed E-state index contributed by atoms with van der Waals surface area (Å²) in [7, 11) is 0. The molecule has 16 heavy (non-hydrogen) atoms. The van der Waals surface area contributed by atoms with E-state index in [0.29, 0.717) is 0 Å². The van der Waals surface area contributed by atoms with Crippen LogP contribution in [-0.2, 0) is 13.0 Å². The van der Waals surface area contributed by atoms with Crippen LogP contribution in [0.2, 0.25) is 0 Å². The molecule has 0 aliphatic heterocycles. The number of aromatic nitrogens is 4. The van der Waals surface area contributed by atoms with Crippen molar-refractivity contribution in [1.29, 1.82) is 0 Å². The maximum Gasteiger partial charge on any atom is 0.133 e. The first-order valence-electron chi connectivity index (χ1n) is 5.44. The first-order chi connectivity index (χ1) is 7.65. The van der Waals surface area contributed by atoms with E-state index in [0.717, 1.165) is 30.1 Å². The second-order valence-electron chi connectivity index (χ2n) is 3.50.